The van der Waals surface area contributed by atoms with Crippen LogP contribution in [-0.2, 0) is 16.0 Å². The lowest BCUT2D eigenvalue weighted by Gasteiger charge is -2.14. The summed E-state index contributed by atoms with van der Waals surface area (Å²) >= 11 is 0. The highest BCUT2D eigenvalue weighted by Crippen LogP contribution is 2.06. The van der Waals surface area contributed by atoms with Crippen LogP contribution >= 0.6 is 0 Å². The van der Waals surface area contributed by atoms with Crippen LogP contribution in [0.2, 0.25) is 0 Å². The molecule has 0 saturated heterocycles. The summed E-state index contributed by atoms with van der Waals surface area (Å²) < 4.78 is 0. The van der Waals surface area contributed by atoms with E-state index in [-0.39, 0.29) is 5.91 Å². The first-order valence-electron chi connectivity index (χ1n) is 7.19. The zero-order valence-corrected chi connectivity index (χ0v) is 12.0. The molecule has 0 unspecified atom stereocenters. The highest BCUT2D eigenvalue weighted by Gasteiger charge is 2.19. The van der Waals surface area contributed by atoms with Crippen molar-refractivity contribution in [2.45, 2.75) is 51.5 Å². The van der Waals surface area contributed by atoms with Gasteiger partial charge < -0.3 is 10.4 Å². The third kappa shape index (κ3) is 6.36. The number of nitrogens with one attached hydrogen (secondary N) is 1. The van der Waals surface area contributed by atoms with E-state index in [1.165, 1.54) is 0 Å². The molecule has 0 aromatic heterocycles. The van der Waals surface area contributed by atoms with Gasteiger partial charge in [-0.25, -0.2) is 4.79 Å². The van der Waals surface area contributed by atoms with Crippen LogP contribution in [0.1, 0.15) is 44.6 Å². The van der Waals surface area contributed by atoms with Gasteiger partial charge in [-0.1, -0.05) is 56.5 Å². The molecule has 0 aliphatic carbocycles. The minimum absolute atomic E-state index is 0.176. The Morgan fingerprint density at radius 2 is 1.85 bits per heavy atom. The van der Waals surface area contributed by atoms with E-state index in [0.29, 0.717) is 12.8 Å². The first-order chi connectivity index (χ1) is 9.63. The van der Waals surface area contributed by atoms with Crippen molar-refractivity contribution in [3.63, 3.8) is 0 Å². The Kier molecular flexibility index (Phi) is 7.40. The fraction of sp³-hybridized carbons (Fsp3) is 0.500. The van der Waals surface area contributed by atoms with Gasteiger partial charge in [0.05, 0.1) is 0 Å². The van der Waals surface area contributed by atoms with Gasteiger partial charge in [-0.15, -0.1) is 0 Å². The van der Waals surface area contributed by atoms with Crippen molar-refractivity contribution in [1.82, 2.24) is 5.32 Å². The van der Waals surface area contributed by atoms with E-state index in [2.05, 4.69) is 12.2 Å². The largest absolute Gasteiger partial charge is 0.480 e. The first-order valence-corrected chi connectivity index (χ1v) is 7.19. The minimum Gasteiger partial charge on any atom is -0.480 e. The van der Waals surface area contributed by atoms with Crippen LogP contribution in [-0.4, -0.2) is 23.0 Å². The number of benzene rings is 1. The number of hydrogen-bond acceptors (Lipinski definition) is 2. The van der Waals surface area contributed by atoms with Gasteiger partial charge in [-0.2, -0.15) is 0 Å². The number of unbranched alkanes of at least 4 members (excludes halogenated alkanes) is 3. The van der Waals surface area contributed by atoms with E-state index in [9.17, 15) is 14.7 Å². The summed E-state index contributed by atoms with van der Waals surface area (Å²) in [6.07, 6.45) is 4.78. The molecule has 20 heavy (non-hydrogen) atoms. The van der Waals surface area contributed by atoms with Gasteiger partial charge in [0.1, 0.15) is 6.04 Å². The van der Waals surface area contributed by atoms with Crippen molar-refractivity contribution in [2.24, 2.45) is 0 Å². The van der Waals surface area contributed by atoms with Crippen molar-refractivity contribution in [3.8, 4) is 0 Å². The number of hydrogen-bond donors (Lipinski definition) is 2. The molecule has 1 rings (SSSR count). The number of carbonyl (C=O) groups excluding carboxylic acids is 1. The Balaban J connectivity index is 2.43. The molecule has 0 saturated carbocycles. The molecule has 1 atom stereocenters. The summed E-state index contributed by atoms with van der Waals surface area (Å²) in [7, 11) is 0. The fourth-order valence-corrected chi connectivity index (χ4v) is 2.03. The van der Waals surface area contributed by atoms with E-state index in [0.717, 1.165) is 31.2 Å². The molecule has 0 fully saturated rings. The number of carbonyl (C=O) groups is 2. The summed E-state index contributed by atoms with van der Waals surface area (Å²) in [5.41, 5.74) is 0.909. The molecule has 4 nitrogen and oxygen atoms in total. The number of rotatable bonds is 9. The predicted octanol–water partition coefficient (Wildman–Crippen LogP) is 2.77. The standard InChI is InChI=1S/C16H23NO3/c1-2-3-4-8-11-15(18)17-14(16(19)20)12-13-9-6-5-7-10-13/h5-7,9-10,14H,2-4,8,11-12H2,1H3,(H,17,18)(H,19,20)/t14-/m0/s1. The van der Waals surface area contributed by atoms with Crippen LogP contribution in [0.5, 0.6) is 0 Å². The smallest absolute Gasteiger partial charge is 0.326 e. The number of amides is 1. The Morgan fingerprint density at radius 3 is 2.45 bits per heavy atom. The van der Waals surface area contributed by atoms with Gasteiger partial charge in [0, 0.05) is 12.8 Å². The molecule has 1 aromatic carbocycles. The Labute approximate surface area is 120 Å². The molecule has 1 aromatic rings. The number of carboxylic acids is 1. The maximum Gasteiger partial charge on any atom is 0.326 e. The van der Waals surface area contributed by atoms with E-state index in [1.807, 2.05) is 30.3 Å². The molecular weight excluding hydrogens is 254 g/mol. The second-order valence-corrected chi connectivity index (χ2v) is 4.96. The average molecular weight is 277 g/mol. The summed E-state index contributed by atoms with van der Waals surface area (Å²) in [5.74, 6) is -1.17. The van der Waals surface area contributed by atoms with E-state index < -0.39 is 12.0 Å². The summed E-state index contributed by atoms with van der Waals surface area (Å²) in [5, 5.41) is 11.8. The molecule has 0 radical (unpaired) electrons. The SMILES string of the molecule is CCCCCCC(=O)N[C@@H](Cc1ccccc1)C(=O)O. The molecule has 0 heterocycles. The van der Waals surface area contributed by atoms with E-state index in [4.69, 9.17) is 0 Å². The lowest BCUT2D eigenvalue weighted by atomic mass is 10.1. The quantitative estimate of drug-likeness (QED) is 0.682. The molecule has 0 aliphatic heterocycles. The van der Waals surface area contributed by atoms with Crippen LogP contribution in [0.3, 0.4) is 0 Å². The van der Waals surface area contributed by atoms with Gasteiger partial charge in [-0.3, -0.25) is 4.79 Å². The summed E-state index contributed by atoms with van der Waals surface area (Å²) in [6, 6.07) is 8.48. The highest BCUT2D eigenvalue weighted by atomic mass is 16.4. The van der Waals surface area contributed by atoms with E-state index >= 15 is 0 Å². The van der Waals surface area contributed by atoms with Crippen LogP contribution in [0.25, 0.3) is 0 Å². The molecular formula is C16H23NO3. The van der Waals surface area contributed by atoms with Crippen molar-refractivity contribution < 1.29 is 14.7 Å². The lowest BCUT2D eigenvalue weighted by molar-refractivity contribution is -0.141. The summed E-state index contributed by atoms with van der Waals surface area (Å²) in [4.78, 5) is 22.9. The highest BCUT2D eigenvalue weighted by molar-refractivity contribution is 5.83. The summed E-state index contributed by atoms with van der Waals surface area (Å²) in [6.45, 7) is 2.11. The third-order valence-electron chi connectivity index (χ3n) is 3.17. The maximum absolute atomic E-state index is 11.7. The van der Waals surface area contributed by atoms with Gasteiger partial charge in [0.15, 0.2) is 0 Å². The average Bonchev–Trinajstić information content (AvgIpc) is 2.44. The predicted molar refractivity (Wildman–Crippen MR) is 78.5 cm³/mol. The molecule has 0 bridgehead atoms. The van der Waals surface area contributed by atoms with Crippen molar-refractivity contribution in [1.29, 1.82) is 0 Å². The topological polar surface area (TPSA) is 66.4 Å². The Hall–Kier alpha value is -1.84. The van der Waals surface area contributed by atoms with Crippen LogP contribution in [0.4, 0.5) is 0 Å². The van der Waals surface area contributed by atoms with Crippen molar-refractivity contribution >= 4 is 11.9 Å². The molecule has 1 amide bonds. The molecule has 2 N–H and O–H groups in total. The van der Waals surface area contributed by atoms with Crippen LogP contribution in [0, 0.1) is 0 Å². The zero-order chi connectivity index (χ0) is 14.8. The number of carboxylic acid groups (broad SMARTS) is 1. The van der Waals surface area contributed by atoms with Gasteiger partial charge >= 0.3 is 5.97 Å². The minimum atomic E-state index is -0.990. The third-order valence-corrected chi connectivity index (χ3v) is 3.17. The van der Waals surface area contributed by atoms with Gasteiger partial charge in [0.25, 0.3) is 0 Å². The Morgan fingerprint density at radius 1 is 1.15 bits per heavy atom. The van der Waals surface area contributed by atoms with Crippen molar-refractivity contribution in [3.05, 3.63) is 35.9 Å². The number of aliphatic carboxylic acids is 1. The fourth-order valence-electron chi connectivity index (χ4n) is 2.03. The molecule has 4 heteroatoms. The zero-order valence-electron chi connectivity index (χ0n) is 12.0. The first kappa shape index (κ1) is 16.2. The molecule has 0 aliphatic rings. The van der Waals surface area contributed by atoms with Crippen LogP contribution < -0.4 is 5.32 Å². The van der Waals surface area contributed by atoms with Crippen LogP contribution in [0.15, 0.2) is 30.3 Å². The van der Waals surface area contributed by atoms with Crippen molar-refractivity contribution in [2.75, 3.05) is 0 Å². The normalized spacial score (nSPS) is 11.8. The Bertz CT molecular complexity index is 417. The lowest BCUT2D eigenvalue weighted by Crippen LogP contribution is -2.42. The van der Waals surface area contributed by atoms with Gasteiger partial charge in [-0.05, 0) is 12.0 Å². The monoisotopic (exact) mass is 277 g/mol. The maximum atomic E-state index is 11.7. The van der Waals surface area contributed by atoms with Gasteiger partial charge in [0.2, 0.25) is 5.91 Å². The second-order valence-electron chi connectivity index (χ2n) is 4.96. The molecule has 0 spiro atoms. The second kappa shape index (κ2) is 9.13. The van der Waals surface area contributed by atoms with E-state index in [1.54, 1.807) is 0 Å². The molecule has 110 valence electrons.